The van der Waals surface area contributed by atoms with Crippen LogP contribution in [0.5, 0.6) is 0 Å². The number of hydrogen-bond donors (Lipinski definition) is 1. The summed E-state index contributed by atoms with van der Waals surface area (Å²) in [7, 11) is 0. The molecule has 1 unspecified atom stereocenters. The number of aliphatic carboxylic acids is 1. The molecule has 0 saturated heterocycles. The average molecular weight is 168 g/mol. The zero-order chi connectivity index (χ0) is 6.69. The van der Waals surface area contributed by atoms with Crippen molar-refractivity contribution >= 4 is 17.7 Å². The van der Waals surface area contributed by atoms with Crippen molar-refractivity contribution in [2.24, 2.45) is 0 Å². The molecule has 10 heavy (non-hydrogen) atoms. The second kappa shape index (κ2) is 5.24. The molecule has 0 saturated carbocycles. The molecule has 1 rings (SSSR count). The number of hydrogen-bond acceptors (Lipinski definition) is 2. The van der Waals surface area contributed by atoms with Gasteiger partial charge in [0.15, 0.2) is 0 Å². The van der Waals surface area contributed by atoms with Gasteiger partial charge in [0.2, 0.25) is 0 Å². The van der Waals surface area contributed by atoms with E-state index in [1.54, 1.807) is 0 Å². The molecule has 0 spiro atoms. The smallest absolute Gasteiger partial charge is 1.00 e. The van der Waals surface area contributed by atoms with Gasteiger partial charge < -0.3 is 6.53 Å². The quantitative estimate of drug-likeness (QED) is 0.489. The van der Waals surface area contributed by atoms with Gasteiger partial charge in [0.25, 0.3) is 0 Å². The van der Waals surface area contributed by atoms with Gasteiger partial charge in [-0.2, -0.15) is 0 Å². The number of carboxylic acids is 1. The summed E-state index contributed by atoms with van der Waals surface area (Å²) in [6, 6.07) is 0. The van der Waals surface area contributed by atoms with Crippen LogP contribution in [0.25, 0.3) is 0 Å². The Bertz CT molecular complexity index is 152. The zero-order valence-corrected chi connectivity index (χ0v) is 8.73. The summed E-state index contributed by atoms with van der Waals surface area (Å²) in [5.74, 6) is -0.690. The van der Waals surface area contributed by atoms with Gasteiger partial charge in [-0.25, -0.2) is 0 Å². The predicted octanol–water partition coefficient (Wildman–Crippen LogP) is -1.40. The molecule has 0 fully saturated rings. The third-order valence-corrected chi connectivity index (χ3v) is 2.33. The molecule has 1 N–H and O–H groups in total. The zero-order valence-electron chi connectivity index (χ0n) is 6.91. The van der Waals surface area contributed by atoms with E-state index < -0.39 is 5.97 Å². The molecule has 1 heterocycles. The van der Waals surface area contributed by atoms with Gasteiger partial charge in [0.05, 0.1) is 0 Å². The molecule has 0 aromatic carbocycles. The summed E-state index contributed by atoms with van der Waals surface area (Å²) in [6.45, 7) is 0. The molecule has 0 bridgehead atoms. The first-order valence-electron chi connectivity index (χ1n) is 2.84. The van der Waals surface area contributed by atoms with Gasteiger partial charge >= 0.3 is 35.5 Å². The molecule has 0 aromatic heterocycles. The van der Waals surface area contributed by atoms with E-state index in [-0.39, 0.29) is 36.2 Å². The standard InChI is InChI=1S/C6H8O2S.Na.H/c7-6(8)5-3-1-2-4-9-5;;/h2,4-5H,1,3H2,(H,7,8);;/q;+1;-1. The van der Waals surface area contributed by atoms with Crippen LogP contribution in [0.15, 0.2) is 11.5 Å². The van der Waals surface area contributed by atoms with E-state index in [1.807, 2.05) is 11.5 Å². The van der Waals surface area contributed by atoms with E-state index in [1.165, 1.54) is 11.8 Å². The molecule has 0 radical (unpaired) electrons. The first-order valence-corrected chi connectivity index (χ1v) is 3.78. The van der Waals surface area contributed by atoms with E-state index in [0.717, 1.165) is 12.8 Å². The fraction of sp³-hybridized carbons (Fsp3) is 0.500. The van der Waals surface area contributed by atoms with Gasteiger partial charge in [-0.1, -0.05) is 6.08 Å². The minimum atomic E-state index is -0.690. The average Bonchev–Trinajstić information content (AvgIpc) is 1.90. The van der Waals surface area contributed by atoms with Crippen LogP contribution in [-0.4, -0.2) is 16.3 Å². The van der Waals surface area contributed by atoms with Gasteiger partial charge in [0, 0.05) is 0 Å². The maximum Gasteiger partial charge on any atom is 1.00 e. The molecule has 1 atom stereocenters. The third kappa shape index (κ3) is 3.10. The Balaban J connectivity index is 0. The Hall–Kier alpha value is 0.560. The van der Waals surface area contributed by atoms with E-state index >= 15 is 0 Å². The van der Waals surface area contributed by atoms with Crippen molar-refractivity contribution in [1.82, 2.24) is 0 Å². The van der Waals surface area contributed by atoms with Crippen LogP contribution < -0.4 is 29.6 Å². The Morgan fingerprint density at radius 2 is 2.50 bits per heavy atom. The minimum absolute atomic E-state index is 0. The Kier molecular flexibility index (Phi) is 5.54. The number of thioether (sulfide) groups is 1. The fourth-order valence-corrected chi connectivity index (χ4v) is 1.54. The van der Waals surface area contributed by atoms with Crippen LogP contribution in [0.4, 0.5) is 0 Å². The molecule has 1 aliphatic rings. The molecular formula is C6H9NaO2S. The van der Waals surface area contributed by atoms with Gasteiger partial charge in [-0.15, -0.1) is 11.8 Å². The number of allylic oxidation sites excluding steroid dienone is 1. The van der Waals surface area contributed by atoms with Crippen molar-refractivity contribution in [1.29, 1.82) is 0 Å². The van der Waals surface area contributed by atoms with Gasteiger partial charge in [-0.3, -0.25) is 4.79 Å². The van der Waals surface area contributed by atoms with Crippen LogP contribution in [0, 0.1) is 0 Å². The van der Waals surface area contributed by atoms with E-state index in [4.69, 9.17) is 5.11 Å². The van der Waals surface area contributed by atoms with Crippen molar-refractivity contribution in [3.05, 3.63) is 11.5 Å². The molecule has 2 nitrogen and oxygen atoms in total. The van der Waals surface area contributed by atoms with E-state index in [0.29, 0.717) is 0 Å². The van der Waals surface area contributed by atoms with Crippen molar-refractivity contribution in [3.63, 3.8) is 0 Å². The number of carboxylic acid groups (broad SMARTS) is 1. The Labute approximate surface area is 87.8 Å². The largest absolute Gasteiger partial charge is 1.00 e. The Morgan fingerprint density at radius 1 is 1.80 bits per heavy atom. The number of carbonyl (C=O) groups is 1. The Morgan fingerprint density at radius 3 is 2.80 bits per heavy atom. The maximum atomic E-state index is 10.3. The topological polar surface area (TPSA) is 37.3 Å². The van der Waals surface area contributed by atoms with Crippen molar-refractivity contribution in [3.8, 4) is 0 Å². The molecule has 0 aromatic rings. The maximum absolute atomic E-state index is 10.3. The van der Waals surface area contributed by atoms with Crippen LogP contribution in [-0.2, 0) is 4.79 Å². The summed E-state index contributed by atoms with van der Waals surface area (Å²) in [5, 5.41) is 10.1. The van der Waals surface area contributed by atoms with Gasteiger partial charge in [-0.05, 0) is 18.2 Å². The molecule has 1 aliphatic heterocycles. The van der Waals surface area contributed by atoms with Crippen LogP contribution in [0.3, 0.4) is 0 Å². The summed E-state index contributed by atoms with van der Waals surface area (Å²) < 4.78 is 0. The summed E-state index contributed by atoms with van der Waals surface area (Å²) >= 11 is 1.39. The van der Waals surface area contributed by atoms with Crippen LogP contribution in [0.2, 0.25) is 0 Å². The van der Waals surface area contributed by atoms with Crippen LogP contribution in [0.1, 0.15) is 14.3 Å². The van der Waals surface area contributed by atoms with E-state index in [9.17, 15) is 4.79 Å². The monoisotopic (exact) mass is 168 g/mol. The second-order valence-corrected chi connectivity index (χ2v) is 3.03. The fourth-order valence-electron chi connectivity index (χ4n) is 0.716. The second-order valence-electron chi connectivity index (χ2n) is 1.91. The predicted molar refractivity (Wildman–Crippen MR) is 38.5 cm³/mol. The third-order valence-electron chi connectivity index (χ3n) is 1.21. The number of rotatable bonds is 1. The van der Waals surface area contributed by atoms with Gasteiger partial charge in [0.1, 0.15) is 5.25 Å². The molecule has 4 heteroatoms. The first kappa shape index (κ1) is 10.6. The van der Waals surface area contributed by atoms with Crippen molar-refractivity contribution < 1.29 is 40.9 Å². The first-order chi connectivity index (χ1) is 4.30. The molecule has 52 valence electrons. The molecule has 0 aliphatic carbocycles. The summed E-state index contributed by atoms with van der Waals surface area (Å²) in [4.78, 5) is 10.3. The van der Waals surface area contributed by atoms with Crippen molar-refractivity contribution in [2.75, 3.05) is 0 Å². The molecular weight excluding hydrogens is 159 g/mol. The van der Waals surface area contributed by atoms with E-state index in [2.05, 4.69) is 0 Å². The SMILES string of the molecule is O=C(O)C1CCC=CS1.[H-].[Na+]. The summed E-state index contributed by atoms with van der Waals surface area (Å²) in [5.41, 5.74) is 0. The van der Waals surface area contributed by atoms with Crippen molar-refractivity contribution in [2.45, 2.75) is 18.1 Å². The normalized spacial score (nSPS) is 23.4. The van der Waals surface area contributed by atoms with Crippen LogP contribution >= 0.6 is 11.8 Å². The summed E-state index contributed by atoms with van der Waals surface area (Å²) in [6.07, 6.45) is 3.69. The molecule has 0 amide bonds. The minimum Gasteiger partial charge on any atom is -1.00 e.